The summed E-state index contributed by atoms with van der Waals surface area (Å²) < 4.78 is 16.6. The van der Waals surface area contributed by atoms with E-state index >= 15 is 0 Å². The van der Waals surface area contributed by atoms with Crippen molar-refractivity contribution in [3.63, 3.8) is 0 Å². The van der Waals surface area contributed by atoms with Gasteiger partial charge in [0.05, 0.1) is 18.9 Å². The van der Waals surface area contributed by atoms with Gasteiger partial charge in [0.15, 0.2) is 0 Å². The first-order valence-electron chi connectivity index (χ1n) is 14.9. The van der Waals surface area contributed by atoms with Crippen LogP contribution in [0.1, 0.15) is 38.7 Å². The standard InChI is InChI=1S/C13H11N2O.C12H10NO2.C11H9N2S.3Y/c1-9-10-6-7-16-12-5-3-2-4-11(12)13(10)15-8-14-9;1-8-9-6-7-14-11-5-3-2-4-10(11)12(9)13-15-8;1-7-8-2-3-10-9(4-5-14-10)11(8)13-6-12-7;;;/h3-5,8H,6-7H2,1H3;3-5H,6-7H2,1H3;4,6H,2-3H2,1H3;;;/q3*-1;;;. The molecular formula is C36H30N5O3SY3-3. The van der Waals surface area contributed by atoms with Crippen molar-refractivity contribution in [3.05, 3.63) is 111 Å². The van der Waals surface area contributed by atoms with E-state index in [0.29, 0.717) is 13.2 Å². The van der Waals surface area contributed by atoms with E-state index in [4.69, 9.17) is 14.0 Å². The molecule has 6 aromatic rings. The summed E-state index contributed by atoms with van der Waals surface area (Å²) in [5.41, 5.74) is 12.0. The average molecular weight is 879 g/mol. The number of rotatable bonds is 0. The first kappa shape index (κ1) is 39.2. The summed E-state index contributed by atoms with van der Waals surface area (Å²) in [5, 5.41) is 7.26. The van der Waals surface area contributed by atoms with E-state index in [-0.39, 0.29) is 98.1 Å². The van der Waals surface area contributed by atoms with Crippen molar-refractivity contribution in [3.8, 4) is 45.3 Å². The average Bonchev–Trinajstić information content (AvgIpc) is 3.58. The maximum Gasteiger partial charge on any atom is 0.136 e. The van der Waals surface area contributed by atoms with Gasteiger partial charge in [-0.15, -0.1) is 28.0 Å². The van der Waals surface area contributed by atoms with Crippen molar-refractivity contribution in [1.29, 1.82) is 0 Å². The minimum absolute atomic E-state index is 0. The number of ether oxygens (including phenoxy) is 2. The SMILES string of the molecule is Cc1ncnc2c1CCOc1cc[c-]cc1-2.Cc1ncnc2c1CCc1s[c-]cc1-2.Cc1onc2c1CCOc1cc[c-]cc1-2.[Y].[Y].[Y]. The molecule has 0 unspecified atom stereocenters. The van der Waals surface area contributed by atoms with Gasteiger partial charge in [-0.05, 0) is 38.3 Å². The summed E-state index contributed by atoms with van der Waals surface area (Å²) in [4.78, 5) is 18.6. The van der Waals surface area contributed by atoms with E-state index in [0.717, 1.165) is 88.1 Å². The fraction of sp³-hybridized carbons (Fsp3) is 0.250. The first-order valence-corrected chi connectivity index (χ1v) is 15.7. The molecule has 0 N–H and O–H groups in total. The summed E-state index contributed by atoms with van der Waals surface area (Å²) in [6.07, 6.45) is 7.15. The predicted molar refractivity (Wildman–Crippen MR) is 171 cm³/mol. The molecule has 6 heterocycles. The predicted octanol–water partition coefficient (Wildman–Crippen LogP) is 6.98. The quantitative estimate of drug-likeness (QED) is 0.151. The van der Waals surface area contributed by atoms with E-state index in [2.05, 4.69) is 49.5 Å². The Bertz CT molecular complexity index is 2000. The van der Waals surface area contributed by atoms with Crippen LogP contribution in [-0.2, 0) is 124 Å². The molecule has 2 aliphatic heterocycles. The third-order valence-electron chi connectivity index (χ3n) is 8.23. The molecule has 3 radical (unpaired) electrons. The molecule has 0 saturated carbocycles. The molecule has 0 atom stereocenters. The molecule has 8 nitrogen and oxygen atoms in total. The van der Waals surface area contributed by atoms with Crippen LogP contribution in [0.15, 0.2) is 59.6 Å². The smallest absolute Gasteiger partial charge is 0.136 e. The molecule has 0 bridgehead atoms. The zero-order valence-electron chi connectivity index (χ0n) is 27.0. The second-order valence-electron chi connectivity index (χ2n) is 10.9. The van der Waals surface area contributed by atoms with Gasteiger partial charge in [-0.2, -0.15) is 42.5 Å². The van der Waals surface area contributed by atoms with Gasteiger partial charge in [0.25, 0.3) is 0 Å². The number of thiophene rings is 1. The Morgan fingerprint density at radius 2 is 1.19 bits per heavy atom. The fourth-order valence-electron chi connectivity index (χ4n) is 5.86. The van der Waals surface area contributed by atoms with E-state index in [1.165, 1.54) is 21.6 Å². The van der Waals surface area contributed by atoms with Crippen LogP contribution in [0, 0.1) is 38.3 Å². The van der Waals surface area contributed by atoms with Crippen molar-refractivity contribution in [2.75, 3.05) is 13.2 Å². The Balaban J connectivity index is 0.000000158. The summed E-state index contributed by atoms with van der Waals surface area (Å²) in [5.74, 6) is 2.63. The summed E-state index contributed by atoms with van der Waals surface area (Å²) in [7, 11) is 0. The van der Waals surface area contributed by atoms with Gasteiger partial charge in [-0.25, -0.2) is 15.0 Å². The van der Waals surface area contributed by atoms with Crippen LogP contribution in [-0.4, -0.2) is 38.3 Å². The van der Waals surface area contributed by atoms with Crippen LogP contribution in [0.3, 0.4) is 0 Å². The molecule has 1 aliphatic carbocycles. The molecule has 3 aliphatic rings. The van der Waals surface area contributed by atoms with E-state index < -0.39 is 0 Å². The number of hydrogen-bond acceptors (Lipinski definition) is 9. The van der Waals surface area contributed by atoms with Crippen LogP contribution >= 0.6 is 11.3 Å². The third-order valence-corrected chi connectivity index (χ3v) is 9.13. The van der Waals surface area contributed by atoms with E-state index in [1.54, 1.807) is 24.0 Å². The van der Waals surface area contributed by atoms with Gasteiger partial charge in [0.2, 0.25) is 0 Å². The molecule has 0 amide bonds. The van der Waals surface area contributed by atoms with Crippen molar-refractivity contribution < 1.29 is 112 Å². The summed E-state index contributed by atoms with van der Waals surface area (Å²) in [6, 6.07) is 19.5. The van der Waals surface area contributed by atoms with Crippen molar-refractivity contribution in [2.45, 2.75) is 46.5 Å². The van der Waals surface area contributed by atoms with Gasteiger partial charge in [-0.3, -0.25) is 16.3 Å². The van der Waals surface area contributed by atoms with Crippen LogP contribution in [0.5, 0.6) is 11.5 Å². The van der Waals surface area contributed by atoms with Crippen LogP contribution in [0.25, 0.3) is 33.8 Å². The number of hydrogen-bond donors (Lipinski definition) is 0. The molecule has 48 heavy (non-hydrogen) atoms. The molecule has 235 valence electrons. The monoisotopic (exact) mass is 879 g/mol. The molecule has 9 rings (SSSR count). The van der Waals surface area contributed by atoms with Gasteiger partial charge < -0.3 is 14.0 Å². The Hall–Kier alpha value is -1.58. The van der Waals surface area contributed by atoms with Crippen molar-refractivity contribution >= 4 is 11.3 Å². The molecular weight excluding hydrogens is 849 g/mol. The van der Waals surface area contributed by atoms with Crippen LogP contribution < -0.4 is 9.47 Å². The number of nitrogens with zero attached hydrogens (tertiary/aromatic N) is 5. The van der Waals surface area contributed by atoms with Gasteiger partial charge in [0, 0.05) is 151 Å². The van der Waals surface area contributed by atoms with Crippen molar-refractivity contribution in [2.24, 2.45) is 0 Å². The number of benzene rings is 2. The Morgan fingerprint density at radius 1 is 0.625 bits per heavy atom. The zero-order chi connectivity index (χ0) is 30.8. The molecule has 2 aromatic carbocycles. The fourth-order valence-corrected chi connectivity index (χ4v) is 6.65. The van der Waals surface area contributed by atoms with Gasteiger partial charge in [-0.1, -0.05) is 22.7 Å². The minimum Gasteiger partial charge on any atom is -0.518 e. The maximum atomic E-state index is 5.70. The van der Waals surface area contributed by atoms with Crippen LogP contribution in [0.2, 0.25) is 0 Å². The maximum absolute atomic E-state index is 5.70. The first-order chi connectivity index (χ1) is 22.1. The minimum atomic E-state index is 0. The zero-order valence-corrected chi connectivity index (χ0v) is 36.4. The topological polar surface area (TPSA) is 96.1 Å². The van der Waals surface area contributed by atoms with E-state index in [1.807, 2.05) is 56.3 Å². The van der Waals surface area contributed by atoms with Crippen LogP contribution in [0.4, 0.5) is 0 Å². The summed E-state index contributed by atoms with van der Waals surface area (Å²) >= 11 is 1.71. The molecule has 0 saturated heterocycles. The second kappa shape index (κ2) is 18.1. The Morgan fingerprint density at radius 3 is 1.83 bits per heavy atom. The van der Waals surface area contributed by atoms with Crippen molar-refractivity contribution in [1.82, 2.24) is 25.1 Å². The molecule has 12 heteroatoms. The number of aryl methyl sites for hydroxylation is 4. The molecule has 4 aromatic heterocycles. The van der Waals surface area contributed by atoms with Gasteiger partial charge in [0.1, 0.15) is 18.4 Å². The number of fused-ring (bicyclic) bond motifs is 9. The van der Waals surface area contributed by atoms with E-state index in [9.17, 15) is 0 Å². The third kappa shape index (κ3) is 8.31. The molecule has 0 fully saturated rings. The normalized spacial score (nSPS) is 12.6. The van der Waals surface area contributed by atoms with Gasteiger partial charge >= 0.3 is 0 Å². The summed E-state index contributed by atoms with van der Waals surface area (Å²) in [6.45, 7) is 7.35. The number of aromatic nitrogens is 5. The Kier molecular flexibility index (Phi) is 14.8. The largest absolute Gasteiger partial charge is 0.518 e. The molecule has 0 spiro atoms. The Labute approximate surface area is 360 Å². The second-order valence-corrected chi connectivity index (χ2v) is 11.8.